The van der Waals surface area contributed by atoms with Crippen molar-refractivity contribution in [2.24, 2.45) is 10.9 Å². The fourth-order valence-electron chi connectivity index (χ4n) is 3.75. The first-order valence-electron chi connectivity index (χ1n) is 9.42. The van der Waals surface area contributed by atoms with Crippen molar-refractivity contribution in [3.8, 4) is 0 Å². The predicted octanol–water partition coefficient (Wildman–Crippen LogP) is 3.53. The summed E-state index contributed by atoms with van der Waals surface area (Å²) in [6, 6.07) is 15.6. The quantitative estimate of drug-likeness (QED) is 0.905. The molecule has 0 spiro atoms. The highest BCUT2D eigenvalue weighted by atomic mass is 16.2. The summed E-state index contributed by atoms with van der Waals surface area (Å²) in [6.07, 6.45) is 2.65. The molecule has 2 aromatic carbocycles. The van der Waals surface area contributed by atoms with Gasteiger partial charge in [-0.3, -0.25) is 14.6 Å². The highest BCUT2D eigenvalue weighted by Crippen LogP contribution is 2.37. The van der Waals surface area contributed by atoms with Crippen LogP contribution in [0.15, 0.2) is 53.5 Å². The average Bonchev–Trinajstić information content (AvgIpc) is 3.10. The van der Waals surface area contributed by atoms with Crippen LogP contribution in [0.25, 0.3) is 0 Å². The lowest BCUT2D eigenvalue weighted by Gasteiger charge is -2.24. The largest absolute Gasteiger partial charge is 0.350 e. The van der Waals surface area contributed by atoms with Crippen molar-refractivity contribution in [3.63, 3.8) is 0 Å². The molecule has 1 unspecified atom stereocenters. The summed E-state index contributed by atoms with van der Waals surface area (Å²) < 4.78 is 0. The zero-order chi connectivity index (χ0) is 18.8. The first-order chi connectivity index (χ1) is 13.1. The van der Waals surface area contributed by atoms with Crippen molar-refractivity contribution in [1.82, 2.24) is 5.32 Å². The van der Waals surface area contributed by atoms with E-state index in [2.05, 4.69) is 5.32 Å². The van der Waals surface area contributed by atoms with Crippen LogP contribution in [0.1, 0.15) is 30.4 Å². The third-order valence-corrected chi connectivity index (χ3v) is 5.24. The Kier molecular flexibility index (Phi) is 4.75. The Balaban J connectivity index is 1.51. The minimum Gasteiger partial charge on any atom is -0.350 e. The number of carbonyl (C=O) groups excluding carboxylic acids is 2. The van der Waals surface area contributed by atoms with Gasteiger partial charge in [0.05, 0.1) is 17.3 Å². The van der Waals surface area contributed by atoms with Crippen LogP contribution in [0.4, 0.5) is 11.4 Å². The SMILES string of the molecule is Cc1ccc(CNC(=O)CN2C(=O)C3CCCC3=Nc3ccccc32)cc1. The molecule has 1 heterocycles. The Morgan fingerprint density at radius 2 is 1.96 bits per heavy atom. The number of hydrogen-bond donors (Lipinski definition) is 1. The molecule has 5 nitrogen and oxygen atoms in total. The minimum atomic E-state index is -0.192. The number of aliphatic imine (C=N–C) groups is 1. The number of anilines is 1. The van der Waals surface area contributed by atoms with E-state index in [9.17, 15) is 9.59 Å². The highest BCUT2D eigenvalue weighted by Gasteiger charge is 2.36. The van der Waals surface area contributed by atoms with Gasteiger partial charge in [-0.25, -0.2) is 0 Å². The fraction of sp³-hybridized carbons (Fsp3) is 0.318. The number of para-hydroxylation sites is 2. The Hall–Kier alpha value is -2.95. The number of fused-ring (bicyclic) bond motifs is 2. The van der Waals surface area contributed by atoms with Crippen molar-refractivity contribution in [2.75, 3.05) is 11.4 Å². The molecule has 0 radical (unpaired) electrons. The van der Waals surface area contributed by atoms with Crippen molar-refractivity contribution in [3.05, 3.63) is 59.7 Å². The van der Waals surface area contributed by atoms with Gasteiger partial charge in [0.25, 0.3) is 0 Å². The fourth-order valence-corrected chi connectivity index (χ4v) is 3.75. The third kappa shape index (κ3) is 3.63. The monoisotopic (exact) mass is 361 g/mol. The van der Waals surface area contributed by atoms with Crippen LogP contribution in [0.3, 0.4) is 0 Å². The van der Waals surface area contributed by atoms with Crippen LogP contribution in [0.2, 0.25) is 0 Å². The number of carbonyl (C=O) groups is 2. The van der Waals surface area contributed by atoms with Crippen molar-refractivity contribution in [2.45, 2.75) is 32.7 Å². The molecule has 5 heteroatoms. The van der Waals surface area contributed by atoms with E-state index in [1.165, 1.54) is 5.56 Å². The number of rotatable bonds is 4. The van der Waals surface area contributed by atoms with Gasteiger partial charge < -0.3 is 10.2 Å². The van der Waals surface area contributed by atoms with E-state index in [4.69, 9.17) is 4.99 Å². The van der Waals surface area contributed by atoms with Gasteiger partial charge >= 0.3 is 0 Å². The summed E-state index contributed by atoms with van der Waals surface area (Å²) in [6.45, 7) is 2.50. The molecule has 1 aliphatic heterocycles. The second-order valence-electron chi connectivity index (χ2n) is 7.22. The van der Waals surface area contributed by atoms with E-state index in [0.717, 1.165) is 41.9 Å². The van der Waals surface area contributed by atoms with Gasteiger partial charge in [-0.1, -0.05) is 42.0 Å². The van der Waals surface area contributed by atoms with Gasteiger partial charge in [-0.2, -0.15) is 0 Å². The van der Waals surface area contributed by atoms with E-state index in [-0.39, 0.29) is 24.3 Å². The number of amides is 2. The van der Waals surface area contributed by atoms with E-state index in [1.54, 1.807) is 4.90 Å². The Labute approximate surface area is 159 Å². The molecule has 1 N–H and O–H groups in total. The normalized spacial score (nSPS) is 18.4. The topological polar surface area (TPSA) is 61.8 Å². The zero-order valence-electron chi connectivity index (χ0n) is 15.4. The molecule has 2 aliphatic rings. The van der Waals surface area contributed by atoms with Crippen molar-refractivity contribution < 1.29 is 9.59 Å². The van der Waals surface area contributed by atoms with E-state index >= 15 is 0 Å². The number of nitrogens with zero attached hydrogens (tertiary/aromatic N) is 2. The molecule has 138 valence electrons. The molecule has 4 rings (SSSR count). The van der Waals surface area contributed by atoms with Gasteiger partial charge in [0.2, 0.25) is 11.8 Å². The van der Waals surface area contributed by atoms with Crippen molar-refractivity contribution >= 4 is 28.9 Å². The van der Waals surface area contributed by atoms with Crippen molar-refractivity contribution in [1.29, 1.82) is 0 Å². The van der Waals surface area contributed by atoms with E-state index in [1.807, 2.05) is 55.5 Å². The smallest absolute Gasteiger partial charge is 0.240 e. The second kappa shape index (κ2) is 7.35. The molecule has 2 amide bonds. The van der Waals surface area contributed by atoms with Gasteiger partial charge in [-0.05, 0) is 43.9 Å². The molecule has 0 aromatic heterocycles. The molecular formula is C22H23N3O2. The molecule has 0 saturated heterocycles. The maximum absolute atomic E-state index is 13.1. The van der Waals surface area contributed by atoms with Crippen LogP contribution < -0.4 is 10.2 Å². The summed E-state index contributed by atoms with van der Waals surface area (Å²) in [5.74, 6) is -0.371. The number of nitrogens with one attached hydrogen (secondary N) is 1. The molecule has 2 aromatic rings. The lowest BCUT2D eigenvalue weighted by molar-refractivity contribution is -0.124. The molecule has 1 fully saturated rings. The Morgan fingerprint density at radius 3 is 2.78 bits per heavy atom. The van der Waals surface area contributed by atoms with E-state index in [0.29, 0.717) is 6.54 Å². The summed E-state index contributed by atoms with van der Waals surface area (Å²) in [7, 11) is 0. The van der Waals surface area contributed by atoms with Gasteiger partial charge in [0.15, 0.2) is 0 Å². The molecule has 1 saturated carbocycles. The molecule has 1 aliphatic carbocycles. The van der Waals surface area contributed by atoms with E-state index < -0.39 is 0 Å². The highest BCUT2D eigenvalue weighted by molar-refractivity contribution is 6.16. The maximum atomic E-state index is 13.1. The molecule has 0 bridgehead atoms. The lowest BCUT2D eigenvalue weighted by Crippen LogP contribution is -2.43. The van der Waals surface area contributed by atoms with Crippen LogP contribution in [-0.4, -0.2) is 24.1 Å². The van der Waals surface area contributed by atoms with Gasteiger partial charge in [0, 0.05) is 12.3 Å². The van der Waals surface area contributed by atoms with Crippen LogP contribution >= 0.6 is 0 Å². The molecular weight excluding hydrogens is 338 g/mol. The van der Waals surface area contributed by atoms with Crippen LogP contribution in [0, 0.1) is 12.8 Å². The Bertz CT molecular complexity index is 902. The Morgan fingerprint density at radius 1 is 1.19 bits per heavy atom. The number of aryl methyl sites for hydroxylation is 1. The first kappa shape index (κ1) is 17.5. The van der Waals surface area contributed by atoms with Gasteiger partial charge in [-0.15, -0.1) is 0 Å². The molecule has 1 atom stereocenters. The van der Waals surface area contributed by atoms with Gasteiger partial charge in [0.1, 0.15) is 6.54 Å². The third-order valence-electron chi connectivity index (χ3n) is 5.24. The summed E-state index contributed by atoms with van der Waals surface area (Å²) in [5.41, 5.74) is 4.67. The average molecular weight is 361 g/mol. The number of hydrogen-bond acceptors (Lipinski definition) is 3. The maximum Gasteiger partial charge on any atom is 0.240 e. The summed E-state index contributed by atoms with van der Waals surface area (Å²) >= 11 is 0. The number of benzene rings is 2. The van der Waals surface area contributed by atoms with Crippen LogP contribution in [0.5, 0.6) is 0 Å². The lowest BCUT2D eigenvalue weighted by atomic mass is 10.1. The summed E-state index contributed by atoms with van der Waals surface area (Å²) in [5, 5.41) is 2.93. The summed E-state index contributed by atoms with van der Waals surface area (Å²) in [4.78, 5) is 32.0. The zero-order valence-corrected chi connectivity index (χ0v) is 15.4. The minimum absolute atomic E-state index is 0.0123. The standard InChI is InChI=1S/C22H23N3O2/c1-15-9-11-16(12-10-15)13-23-21(26)14-25-20-8-3-2-6-19(20)24-18-7-4-5-17(18)22(25)27/h2-3,6,8-12,17H,4-5,7,13-14H2,1H3,(H,23,26). The second-order valence-corrected chi connectivity index (χ2v) is 7.22. The van der Waals surface area contributed by atoms with Crippen LogP contribution in [-0.2, 0) is 16.1 Å². The molecule has 27 heavy (non-hydrogen) atoms. The predicted molar refractivity (Wildman–Crippen MR) is 106 cm³/mol. The first-order valence-corrected chi connectivity index (χ1v) is 9.42.